The van der Waals surface area contributed by atoms with E-state index in [4.69, 9.17) is 11.6 Å². The number of hydrogen-bond donors (Lipinski definition) is 1. The molecule has 7 heteroatoms. The molecule has 4 aromatic carbocycles. The molecule has 0 spiro atoms. The minimum absolute atomic E-state index is 0.0428. The third-order valence-electron chi connectivity index (χ3n) is 7.46. The molecule has 1 heterocycles. The molecular formula is C35H36ClN3O3. The smallest absolute Gasteiger partial charge is 0.258 e. The largest absolute Gasteiger partial charge is 0.350 e. The summed E-state index contributed by atoms with van der Waals surface area (Å²) in [4.78, 5) is 44.4. The first-order valence-corrected chi connectivity index (χ1v) is 14.7. The second-order valence-corrected chi connectivity index (χ2v) is 12.3. The number of carbonyl (C=O) groups excluding carboxylic acids is 3. The van der Waals surface area contributed by atoms with E-state index in [9.17, 15) is 14.4 Å². The quantitative estimate of drug-likeness (QED) is 0.224. The molecule has 0 bridgehead atoms. The second kappa shape index (κ2) is 12.4. The van der Waals surface area contributed by atoms with Crippen molar-refractivity contribution >= 4 is 45.8 Å². The number of amides is 3. The van der Waals surface area contributed by atoms with Crippen molar-refractivity contribution in [3.05, 3.63) is 113 Å². The molecule has 0 unspecified atom stereocenters. The van der Waals surface area contributed by atoms with Gasteiger partial charge in [-0.25, -0.2) is 0 Å². The van der Waals surface area contributed by atoms with Gasteiger partial charge in [0.2, 0.25) is 11.8 Å². The number of benzene rings is 4. The third-order valence-corrected chi connectivity index (χ3v) is 7.71. The zero-order valence-electron chi connectivity index (χ0n) is 24.3. The van der Waals surface area contributed by atoms with E-state index in [1.807, 2.05) is 99.6 Å². The minimum Gasteiger partial charge on any atom is -0.350 e. The van der Waals surface area contributed by atoms with E-state index in [0.717, 1.165) is 27.6 Å². The highest BCUT2D eigenvalue weighted by Crippen LogP contribution is 2.37. The van der Waals surface area contributed by atoms with E-state index in [0.29, 0.717) is 30.0 Å². The van der Waals surface area contributed by atoms with Crippen molar-refractivity contribution in [2.75, 3.05) is 11.4 Å². The van der Waals surface area contributed by atoms with Crippen LogP contribution in [0.25, 0.3) is 10.8 Å². The third kappa shape index (κ3) is 6.66. The number of anilines is 1. The lowest BCUT2D eigenvalue weighted by Gasteiger charge is -2.34. The Hall–Kier alpha value is -4.16. The summed E-state index contributed by atoms with van der Waals surface area (Å²) < 4.78 is 0. The van der Waals surface area contributed by atoms with Crippen molar-refractivity contribution in [2.45, 2.75) is 58.2 Å². The maximum absolute atomic E-state index is 14.0. The normalized spacial score (nSPS) is 13.3. The molecule has 1 aliphatic rings. The van der Waals surface area contributed by atoms with Crippen molar-refractivity contribution in [3.63, 3.8) is 0 Å². The van der Waals surface area contributed by atoms with Crippen LogP contribution in [0.3, 0.4) is 0 Å². The predicted molar refractivity (Wildman–Crippen MR) is 169 cm³/mol. The van der Waals surface area contributed by atoms with Crippen molar-refractivity contribution in [3.8, 4) is 0 Å². The van der Waals surface area contributed by atoms with Crippen LogP contribution in [0.15, 0.2) is 91.0 Å². The fourth-order valence-electron chi connectivity index (χ4n) is 5.53. The standard InChI is InChI=1S/C35H36ClN3O3/c1-35(2,3)37-33(41)30(22-24-10-5-4-6-11-24)39(23-25-17-19-27(36)20-18-25)31(40)16-9-21-38-29-15-8-13-26-12-7-14-28(32(26)29)34(38)42/h4-8,10-15,17-20,30H,9,16,21-23H2,1-3H3,(H,37,41)/t30-/m0/s1. The summed E-state index contributed by atoms with van der Waals surface area (Å²) in [6, 6.07) is 28.0. The highest BCUT2D eigenvalue weighted by atomic mass is 35.5. The number of rotatable bonds is 10. The van der Waals surface area contributed by atoms with E-state index < -0.39 is 11.6 Å². The monoisotopic (exact) mass is 581 g/mol. The van der Waals surface area contributed by atoms with Crippen LogP contribution in [-0.4, -0.2) is 40.7 Å². The van der Waals surface area contributed by atoms with E-state index in [1.54, 1.807) is 21.9 Å². The van der Waals surface area contributed by atoms with Gasteiger partial charge in [-0.15, -0.1) is 0 Å². The van der Waals surface area contributed by atoms with Gasteiger partial charge in [-0.3, -0.25) is 14.4 Å². The van der Waals surface area contributed by atoms with Crippen molar-refractivity contribution < 1.29 is 14.4 Å². The van der Waals surface area contributed by atoms with Gasteiger partial charge >= 0.3 is 0 Å². The molecule has 0 saturated carbocycles. The lowest BCUT2D eigenvalue weighted by molar-refractivity contribution is -0.142. The molecule has 42 heavy (non-hydrogen) atoms. The molecule has 1 atom stereocenters. The molecule has 1 N–H and O–H groups in total. The first-order valence-electron chi connectivity index (χ1n) is 14.3. The molecule has 0 aliphatic carbocycles. The van der Waals surface area contributed by atoms with E-state index >= 15 is 0 Å². The highest BCUT2D eigenvalue weighted by molar-refractivity contribution is 6.30. The molecule has 6 nitrogen and oxygen atoms in total. The van der Waals surface area contributed by atoms with Gasteiger partial charge in [0.1, 0.15) is 6.04 Å². The molecule has 0 radical (unpaired) electrons. The zero-order chi connectivity index (χ0) is 29.9. The van der Waals surface area contributed by atoms with Crippen LogP contribution in [0.1, 0.15) is 55.1 Å². The van der Waals surface area contributed by atoms with E-state index in [2.05, 4.69) is 5.32 Å². The Labute approximate surface area is 252 Å². The molecule has 4 aromatic rings. The van der Waals surface area contributed by atoms with Gasteiger partial charge in [0.05, 0.1) is 5.69 Å². The summed E-state index contributed by atoms with van der Waals surface area (Å²) >= 11 is 6.13. The van der Waals surface area contributed by atoms with Gasteiger partial charge in [-0.05, 0) is 68.0 Å². The Balaban J connectivity index is 1.38. The van der Waals surface area contributed by atoms with Crippen LogP contribution in [-0.2, 0) is 22.6 Å². The summed E-state index contributed by atoms with van der Waals surface area (Å²) in [6.45, 7) is 6.47. The van der Waals surface area contributed by atoms with Crippen molar-refractivity contribution in [2.24, 2.45) is 0 Å². The number of carbonyl (C=O) groups is 3. The predicted octanol–water partition coefficient (Wildman–Crippen LogP) is 6.79. The van der Waals surface area contributed by atoms with Crippen molar-refractivity contribution in [1.29, 1.82) is 0 Å². The summed E-state index contributed by atoms with van der Waals surface area (Å²) in [6.07, 6.45) is 1.03. The zero-order valence-corrected chi connectivity index (χ0v) is 25.0. The van der Waals surface area contributed by atoms with Gasteiger partial charge in [0.15, 0.2) is 0 Å². The molecule has 1 aliphatic heterocycles. The first kappa shape index (κ1) is 29.3. The minimum atomic E-state index is -0.721. The lowest BCUT2D eigenvalue weighted by atomic mass is 10.00. The molecular weight excluding hydrogens is 546 g/mol. The van der Waals surface area contributed by atoms with Crippen LogP contribution in [0.2, 0.25) is 5.02 Å². The molecule has 5 rings (SSSR count). The topological polar surface area (TPSA) is 69.7 Å². The number of nitrogens with zero attached hydrogens (tertiary/aromatic N) is 2. The summed E-state index contributed by atoms with van der Waals surface area (Å²) in [5, 5.41) is 5.68. The average Bonchev–Trinajstić information content (AvgIpc) is 3.23. The SMILES string of the molecule is CC(C)(C)NC(=O)[C@H](Cc1ccccc1)N(Cc1ccc(Cl)cc1)C(=O)CCCN1C(=O)c2cccc3cccc1c23. The Morgan fingerprint density at radius 3 is 2.26 bits per heavy atom. The van der Waals surface area contributed by atoms with E-state index in [1.165, 1.54) is 0 Å². The number of nitrogens with one attached hydrogen (secondary N) is 1. The Morgan fingerprint density at radius 1 is 0.881 bits per heavy atom. The molecule has 216 valence electrons. The van der Waals surface area contributed by atoms with Gasteiger partial charge in [0, 0.05) is 47.4 Å². The van der Waals surface area contributed by atoms with Crippen LogP contribution in [0.5, 0.6) is 0 Å². The van der Waals surface area contributed by atoms with Gasteiger partial charge in [-0.1, -0.05) is 78.3 Å². The van der Waals surface area contributed by atoms with Crippen molar-refractivity contribution in [1.82, 2.24) is 10.2 Å². The summed E-state index contributed by atoms with van der Waals surface area (Å²) in [7, 11) is 0. The number of hydrogen-bond acceptors (Lipinski definition) is 3. The first-order chi connectivity index (χ1) is 20.1. The lowest BCUT2D eigenvalue weighted by Crippen LogP contribution is -2.54. The Morgan fingerprint density at radius 2 is 1.57 bits per heavy atom. The average molecular weight is 582 g/mol. The Bertz CT molecular complexity index is 1590. The van der Waals surface area contributed by atoms with E-state index in [-0.39, 0.29) is 30.7 Å². The second-order valence-electron chi connectivity index (χ2n) is 11.8. The highest BCUT2D eigenvalue weighted by Gasteiger charge is 2.33. The Kier molecular flexibility index (Phi) is 8.64. The summed E-state index contributed by atoms with van der Waals surface area (Å²) in [5.74, 6) is -0.387. The van der Waals surface area contributed by atoms with Gasteiger partial charge < -0.3 is 15.1 Å². The molecule has 0 fully saturated rings. The van der Waals surface area contributed by atoms with Gasteiger partial charge in [-0.2, -0.15) is 0 Å². The molecule has 0 saturated heterocycles. The summed E-state index contributed by atoms with van der Waals surface area (Å²) in [5.41, 5.74) is 2.96. The van der Waals surface area contributed by atoms with Crippen LogP contribution in [0.4, 0.5) is 5.69 Å². The van der Waals surface area contributed by atoms with Crippen LogP contribution >= 0.6 is 11.6 Å². The number of halogens is 1. The van der Waals surface area contributed by atoms with Crippen LogP contribution in [0, 0.1) is 0 Å². The fourth-order valence-corrected chi connectivity index (χ4v) is 5.65. The maximum atomic E-state index is 14.0. The maximum Gasteiger partial charge on any atom is 0.258 e. The van der Waals surface area contributed by atoms with Gasteiger partial charge in [0.25, 0.3) is 5.91 Å². The molecule has 0 aromatic heterocycles. The fraction of sp³-hybridized carbons (Fsp3) is 0.286. The molecule has 3 amide bonds. The van der Waals surface area contributed by atoms with Crippen LogP contribution < -0.4 is 10.2 Å².